The number of sulfonamides is 1. The minimum atomic E-state index is -4.14. The van der Waals surface area contributed by atoms with E-state index in [-0.39, 0.29) is 31.9 Å². The summed E-state index contributed by atoms with van der Waals surface area (Å²) in [6.07, 6.45) is 0. The number of H-pyrrole nitrogens is 1. The zero-order valence-electron chi connectivity index (χ0n) is 13.4. The molecule has 3 rings (SSSR count). The molecule has 11 heteroatoms. The zero-order valence-corrected chi connectivity index (χ0v) is 14.2. The van der Waals surface area contributed by atoms with Crippen LogP contribution in [0.2, 0.25) is 0 Å². The van der Waals surface area contributed by atoms with E-state index in [1.165, 1.54) is 11.0 Å². The zero-order chi connectivity index (χ0) is 18.9. The van der Waals surface area contributed by atoms with Gasteiger partial charge in [-0.25, -0.2) is 22.3 Å². The molecule has 0 bridgehead atoms. The lowest BCUT2D eigenvalue weighted by molar-refractivity contribution is 0.0690. The van der Waals surface area contributed by atoms with Gasteiger partial charge in [0.1, 0.15) is 22.2 Å². The molecule has 2 aromatic rings. The fraction of sp³-hybridized carbons (Fsp3) is 0.267. The first-order valence-electron chi connectivity index (χ1n) is 7.59. The van der Waals surface area contributed by atoms with Gasteiger partial charge in [-0.2, -0.15) is 9.40 Å². The van der Waals surface area contributed by atoms with E-state index in [1.807, 2.05) is 0 Å². The van der Waals surface area contributed by atoms with E-state index in [9.17, 15) is 26.8 Å². The molecule has 1 N–H and O–H groups in total. The number of amides is 1. The molecule has 1 fully saturated rings. The van der Waals surface area contributed by atoms with Crippen molar-refractivity contribution in [1.29, 1.82) is 0 Å². The molecule has 2 heterocycles. The highest BCUT2D eigenvalue weighted by Crippen LogP contribution is 2.21. The Morgan fingerprint density at radius 3 is 2.35 bits per heavy atom. The highest BCUT2D eigenvalue weighted by Gasteiger charge is 2.32. The van der Waals surface area contributed by atoms with Crippen LogP contribution in [0.15, 0.2) is 40.0 Å². The highest BCUT2D eigenvalue weighted by atomic mass is 32.2. The lowest BCUT2D eigenvalue weighted by Crippen LogP contribution is -2.50. The van der Waals surface area contributed by atoms with Crippen LogP contribution in [0.4, 0.5) is 8.78 Å². The number of hydrogen-bond acceptors (Lipinski definition) is 5. The molecule has 8 nitrogen and oxygen atoms in total. The number of rotatable bonds is 3. The maximum Gasteiger partial charge on any atom is 0.274 e. The molecule has 138 valence electrons. The smallest absolute Gasteiger partial charge is 0.274 e. The molecule has 1 saturated heterocycles. The van der Waals surface area contributed by atoms with Crippen molar-refractivity contribution in [2.75, 3.05) is 26.2 Å². The van der Waals surface area contributed by atoms with Gasteiger partial charge in [-0.15, -0.1) is 0 Å². The lowest BCUT2D eigenvalue weighted by Gasteiger charge is -2.33. The van der Waals surface area contributed by atoms with Gasteiger partial charge in [0, 0.05) is 38.3 Å². The number of hydrogen-bond donors (Lipinski definition) is 1. The number of aromatic amines is 1. The summed E-state index contributed by atoms with van der Waals surface area (Å²) >= 11 is 0. The number of nitrogens with zero attached hydrogens (tertiary/aromatic N) is 3. The molecule has 26 heavy (non-hydrogen) atoms. The molecule has 1 aliphatic heterocycles. The van der Waals surface area contributed by atoms with Gasteiger partial charge in [-0.05, 0) is 18.2 Å². The van der Waals surface area contributed by atoms with E-state index in [0.717, 1.165) is 22.5 Å². The Kier molecular flexibility index (Phi) is 4.83. The SMILES string of the molecule is O=C(c1ccc(=O)[nH]n1)N1CCN(S(=O)(=O)c2ccc(F)cc2F)CC1. The van der Waals surface area contributed by atoms with Crippen LogP contribution in [0.5, 0.6) is 0 Å². The van der Waals surface area contributed by atoms with E-state index in [0.29, 0.717) is 6.07 Å². The molecule has 0 unspecified atom stereocenters. The number of benzene rings is 1. The summed E-state index contributed by atoms with van der Waals surface area (Å²) in [6.45, 7) is 0.0475. The molecule has 0 atom stereocenters. The lowest BCUT2D eigenvalue weighted by atomic mass is 10.3. The monoisotopic (exact) mass is 384 g/mol. The number of nitrogens with one attached hydrogen (secondary N) is 1. The van der Waals surface area contributed by atoms with Gasteiger partial charge in [-0.3, -0.25) is 9.59 Å². The van der Waals surface area contributed by atoms with Gasteiger partial charge in [0.2, 0.25) is 10.0 Å². The first-order valence-corrected chi connectivity index (χ1v) is 9.03. The van der Waals surface area contributed by atoms with E-state index < -0.39 is 38.0 Å². The minimum Gasteiger partial charge on any atom is -0.335 e. The molecular formula is C15H14F2N4O4S. The first-order chi connectivity index (χ1) is 12.3. The van der Waals surface area contributed by atoms with Gasteiger partial charge in [0.05, 0.1) is 0 Å². The van der Waals surface area contributed by atoms with Crippen molar-refractivity contribution >= 4 is 15.9 Å². The Balaban J connectivity index is 1.72. The summed E-state index contributed by atoms with van der Waals surface area (Å²) in [4.78, 5) is 24.1. The largest absolute Gasteiger partial charge is 0.335 e. The number of piperazine rings is 1. The maximum atomic E-state index is 13.8. The Hall–Kier alpha value is -2.66. The summed E-state index contributed by atoms with van der Waals surface area (Å²) in [7, 11) is -4.14. The third kappa shape index (κ3) is 3.48. The molecule has 0 saturated carbocycles. The van der Waals surface area contributed by atoms with Crippen LogP contribution < -0.4 is 5.56 Å². The third-order valence-electron chi connectivity index (χ3n) is 3.94. The van der Waals surface area contributed by atoms with Crippen molar-refractivity contribution in [1.82, 2.24) is 19.4 Å². The van der Waals surface area contributed by atoms with E-state index in [2.05, 4.69) is 10.2 Å². The number of carbonyl (C=O) groups is 1. The van der Waals surface area contributed by atoms with Crippen molar-refractivity contribution < 1.29 is 22.0 Å². The number of halogens is 2. The second-order valence-corrected chi connectivity index (χ2v) is 7.48. The minimum absolute atomic E-state index is 0.0329. The number of aromatic nitrogens is 2. The summed E-state index contributed by atoms with van der Waals surface area (Å²) in [5.41, 5.74) is -0.413. The van der Waals surface area contributed by atoms with Gasteiger partial charge in [-0.1, -0.05) is 0 Å². The normalized spacial score (nSPS) is 15.8. The average Bonchev–Trinajstić information content (AvgIpc) is 2.61. The van der Waals surface area contributed by atoms with E-state index in [1.54, 1.807) is 0 Å². The maximum absolute atomic E-state index is 13.8. The van der Waals surface area contributed by atoms with Gasteiger partial charge >= 0.3 is 0 Å². The predicted molar refractivity (Wildman–Crippen MR) is 85.9 cm³/mol. The Morgan fingerprint density at radius 1 is 1.08 bits per heavy atom. The van der Waals surface area contributed by atoms with Crippen LogP contribution >= 0.6 is 0 Å². The van der Waals surface area contributed by atoms with Crippen LogP contribution in [0, 0.1) is 11.6 Å². The van der Waals surface area contributed by atoms with Crippen LogP contribution in [-0.2, 0) is 10.0 Å². The second-order valence-electron chi connectivity index (χ2n) is 5.58. The Labute approximate surface area is 147 Å². The molecule has 0 radical (unpaired) electrons. The molecule has 1 amide bonds. The van der Waals surface area contributed by atoms with Crippen LogP contribution in [0.3, 0.4) is 0 Å². The molecule has 0 spiro atoms. The van der Waals surface area contributed by atoms with Crippen molar-refractivity contribution in [3.8, 4) is 0 Å². The second kappa shape index (κ2) is 6.92. The van der Waals surface area contributed by atoms with Crippen molar-refractivity contribution in [2.24, 2.45) is 0 Å². The van der Waals surface area contributed by atoms with Crippen LogP contribution in [0.25, 0.3) is 0 Å². The quantitative estimate of drug-likeness (QED) is 0.814. The summed E-state index contributed by atoms with van der Waals surface area (Å²) in [5, 5.41) is 5.80. The van der Waals surface area contributed by atoms with E-state index >= 15 is 0 Å². The van der Waals surface area contributed by atoms with Crippen LogP contribution in [0.1, 0.15) is 10.5 Å². The van der Waals surface area contributed by atoms with Gasteiger partial charge in [0.15, 0.2) is 0 Å². The third-order valence-corrected chi connectivity index (χ3v) is 5.87. The fourth-order valence-electron chi connectivity index (χ4n) is 2.58. The predicted octanol–water partition coefficient (Wildman–Crippen LogP) is 0.195. The molecule has 1 aliphatic rings. The average molecular weight is 384 g/mol. The summed E-state index contributed by atoms with van der Waals surface area (Å²) < 4.78 is 52.9. The molecule has 1 aromatic heterocycles. The Bertz CT molecular complexity index is 980. The number of carbonyl (C=O) groups excluding carboxylic acids is 1. The van der Waals surface area contributed by atoms with Gasteiger partial charge < -0.3 is 4.90 Å². The molecule has 1 aromatic carbocycles. The molecular weight excluding hydrogens is 370 g/mol. The molecule has 0 aliphatic carbocycles. The standard InChI is InChI=1S/C15H14F2N4O4S/c16-10-1-3-13(11(17)9-10)26(24,25)21-7-5-20(6-8-21)15(23)12-2-4-14(22)19-18-12/h1-4,9H,5-8H2,(H,19,22). The highest BCUT2D eigenvalue weighted by molar-refractivity contribution is 7.89. The summed E-state index contributed by atoms with van der Waals surface area (Å²) in [6, 6.07) is 4.70. The van der Waals surface area contributed by atoms with Crippen molar-refractivity contribution in [3.63, 3.8) is 0 Å². The van der Waals surface area contributed by atoms with Crippen LogP contribution in [-0.4, -0.2) is 59.9 Å². The van der Waals surface area contributed by atoms with Crippen molar-refractivity contribution in [3.05, 3.63) is 58.0 Å². The van der Waals surface area contributed by atoms with Crippen molar-refractivity contribution in [2.45, 2.75) is 4.90 Å². The first kappa shape index (κ1) is 18.1. The Morgan fingerprint density at radius 2 is 1.77 bits per heavy atom. The fourth-order valence-corrected chi connectivity index (χ4v) is 4.05. The topological polar surface area (TPSA) is 103 Å². The summed E-state index contributed by atoms with van der Waals surface area (Å²) in [5.74, 6) is -2.49. The van der Waals surface area contributed by atoms with Gasteiger partial charge in [0.25, 0.3) is 11.5 Å². The van der Waals surface area contributed by atoms with E-state index in [4.69, 9.17) is 0 Å².